The lowest BCUT2D eigenvalue weighted by Crippen LogP contribution is -2.55. The molecule has 0 unspecified atom stereocenters. The van der Waals surface area contributed by atoms with Crippen LogP contribution in [0.4, 0.5) is 14.5 Å². The van der Waals surface area contributed by atoms with Crippen LogP contribution in [-0.2, 0) is 14.6 Å². The summed E-state index contributed by atoms with van der Waals surface area (Å²) in [5.74, 6) is -0.333. The molecule has 2 N–H and O–H groups in total. The van der Waals surface area contributed by atoms with E-state index in [9.17, 15) is 22.0 Å². The van der Waals surface area contributed by atoms with Crippen molar-refractivity contribution >= 4 is 21.4 Å². The molecule has 0 radical (unpaired) electrons. The summed E-state index contributed by atoms with van der Waals surface area (Å²) in [5.41, 5.74) is 0.381. The summed E-state index contributed by atoms with van der Waals surface area (Å²) >= 11 is 0. The Labute approximate surface area is 139 Å². The molecule has 1 aromatic rings. The standard InChI is InChI=1S/C15H20F2N2O4S/c1-24(21,22)15(6-8-18-9-7-15)14(20)19-11-2-4-12(5-3-11)23-10-13(16)17/h2-5,13,18H,6-10H2,1H3,(H,19,20). The molecule has 134 valence electrons. The topological polar surface area (TPSA) is 84.5 Å². The first-order valence-electron chi connectivity index (χ1n) is 7.47. The molecule has 24 heavy (non-hydrogen) atoms. The minimum atomic E-state index is -3.59. The summed E-state index contributed by atoms with van der Waals surface area (Å²) in [6.45, 7) is 0.178. The summed E-state index contributed by atoms with van der Waals surface area (Å²) in [6, 6.07) is 5.84. The lowest BCUT2D eigenvalue weighted by Gasteiger charge is -2.34. The molecule has 0 aliphatic carbocycles. The van der Waals surface area contributed by atoms with Crippen LogP contribution in [0.5, 0.6) is 5.75 Å². The van der Waals surface area contributed by atoms with E-state index in [-0.39, 0.29) is 18.6 Å². The Morgan fingerprint density at radius 1 is 1.29 bits per heavy atom. The van der Waals surface area contributed by atoms with Crippen molar-refractivity contribution in [2.24, 2.45) is 0 Å². The largest absolute Gasteiger partial charge is 0.488 e. The number of hydrogen-bond donors (Lipinski definition) is 2. The van der Waals surface area contributed by atoms with E-state index in [1.165, 1.54) is 24.3 Å². The molecule has 1 heterocycles. The monoisotopic (exact) mass is 362 g/mol. The highest BCUT2D eigenvalue weighted by Gasteiger charge is 2.48. The number of alkyl halides is 2. The average Bonchev–Trinajstić information content (AvgIpc) is 2.53. The van der Waals surface area contributed by atoms with Crippen LogP contribution in [0.2, 0.25) is 0 Å². The zero-order valence-electron chi connectivity index (χ0n) is 13.2. The molecule has 6 nitrogen and oxygen atoms in total. The van der Waals surface area contributed by atoms with E-state index in [1.54, 1.807) is 0 Å². The van der Waals surface area contributed by atoms with Gasteiger partial charge in [-0.3, -0.25) is 4.79 Å². The first-order valence-corrected chi connectivity index (χ1v) is 9.36. The molecule has 1 amide bonds. The van der Waals surface area contributed by atoms with Crippen LogP contribution in [0.15, 0.2) is 24.3 Å². The van der Waals surface area contributed by atoms with E-state index in [4.69, 9.17) is 4.74 Å². The second kappa shape index (κ2) is 7.43. The average molecular weight is 362 g/mol. The fourth-order valence-electron chi connectivity index (χ4n) is 2.64. The predicted octanol–water partition coefficient (Wildman–Crippen LogP) is 1.44. The predicted molar refractivity (Wildman–Crippen MR) is 86.2 cm³/mol. The minimum absolute atomic E-state index is 0.202. The van der Waals surface area contributed by atoms with Crippen molar-refractivity contribution < 1.29 is 26.7 Å². The van der Waals surface area contributed by atoms with Gasteiger partial charge < -0.3 is 15.4 Å². The van der Waals surface area contributed by atoms with Gasteiger partial charge in [-0.05, 0) is 50.2 Å². The van der Waals surface area contributed by atoms with E-state index in [2.05, 4.69) is 10.6 Å². The molecular weight excluding hydrogens is 342 g/mol. The quantitative estimate of drug-likeness (QED) is 0.800. The maximum absolute atomic E-state index is 12.6. The molecule has 2 rings (SSSR count). The molecular formula is C15H20F2N2O4S. The Kier molecular flexibility index (Phi) is 5.76. The Hall–Kier alpha value is -1.74. The second-order valence-corrected chi connectivity index (χ2v) is 8.02. The number of carbonyl (C=O) groups excluding carboxylic acids is 1. The summed E-state index contributed by atoms with van der Waals surface area (Å²) in [5, 5.41) is 5.64. The number of anilines is 1. The van der Waals surface area contributed by atoms with Crippen LogP contribution in [0.1, 0.15) is 12.8 Å². The van der Waals surface area contributed by atoms with Crippen LogP contribution >= 0.6 is 0 Å². The second-order valence-electron chi connectivity index (χ2n) is 5.70. The molecule has 1 aliphatic heterocycles. The molecule has 1 aromatic carbocycles. The first kappa shape index (κ1) is 18.6. The summed E-state index contributed by atoms with van der Waals surface area (Å²) in [6.07, 6.45) is -1.10. The highest BCUT2D eigenvalue weighted by molar-refractivity contribution is 7.92. The lowest BCUT2D eigenvalue weighted by molar-refractivity contribution is -0.119. The van der Waals surface area contributed by atoms with Crippen molar-refractivity contribution in [3.05, 3.63) is 24.3 Å². The van der Waals surface area contributed by atoms with Gasteiger partial charge in [0.05, 0.1) is 0 Å². The maximum Gasteiger partial charge on any atom is 0.272 e. The Balaban J connectivity index is 2.10. The van der Waals surface area contributed by atoms with E-state index >= 15 is 0 Å². The molecule has 0 bridgehead atoms. The van der Waals surface area contributed by atoms with Crippen LogP contribution in [0.3, 0.4) is 0 Å². The van der Waals surface area contributed by atoms with Crippen LogP contribution in [-0.4, -0.2) is 51.4 Å². The van der Waals surface area contributed by atoms with E-state index < -0.39 is 33.5 Å². The smallest absolute Gasteiger partial charge is 0.272 e. The van der Waals surface area contributed by atoms with Gasteiger partial charge in [0.15, 0.2) is 14.6 Å². The van der Waals surface area contributed by atoms with Gasteiger partial charge >= 0.3 is 0 Å². The first-order chi connectivity index (χ1) is 11.2. The zero-order valence-corrected chi connectivity index (χ0v) is 14.0. The summed E-state index contributed by atoms with van der Waals surface area (Å²) in [7, 11) is -3.59. The molecule has 1 aliphatic rings. The van der Waals surface area contributed by atoms with E-state index in [0.717, 1.165) is 6.26 Å². The third kappa shape index (κ3) is 4.21. The Morgan fingerprint density at radius 3 is 2.38 bits per heavy atom. The highest BCUT2D eigenvalue weighted by Crippen LogP contribution is 2.29. The lowest BCUT2D eigenvalue weighted by atomic mass is 9.95. The number of halogens is 2. The number of carbonyl (C=O) groups is 1. The number of nitrogens with one attached hydrogen (secondary N) is 2. The minimum Gasteiger partial charge on any atom is -0.488 e. The molecule has 9 heteroatoms. The van der Waals surface area contributed by atoms with Crippen LogP contribution < -0.4 is 15.4 Å². The van der Waals surface area contributed by atoms with Gasteiger partial charge in [-0.25, -0.2) is 17.2 Å². The number of amides is 1. The summed E-state index contributed by atoms with van der Waals surface area (Å²) < 4.78 is 51.9. The van der Waals surface area contributed by atoms with Crippen molar-refractivity contribution in [3.63, 3.8) is 0 Å². The fraction of sp³-hybridized carbons (Fsp3) is 0.533. The van der Waals surface area contributed by atoms with Crippen molar-refractivity contribution in [1.29, 1.82) is 0 Å². The van der Waals surface area contributed by atoms with Gasteiger partial charge in [0.25, 0.3) is 6.43 Å². The number of ether oxygens (including phenoxy) is 1. The number of benzene rings is 1. The normalized spacial score (nSPS) is 17.5. The van der Waals surface area contributed by atoms with Crippen molar-refractivity contribution in [2.45, 2.75) is 24.0 Å². The molecule has 0 atom stereocenters. The molecule has 0 aromatic heterocycles. The SMILES string of the molecule is CS(=O)(=O)C1(C(=O)Nc2ccc(OCC(F)F)cc2)CCNCC1. The van der Waals surface area contributed by atoms with Crippen LogP contribution in [0.25, 0.3) is 0 Å². The summed E-state index contributed by atoms with van der Waals surface area (Å²) in [4.78, 5) is 12.6. The van der Waals surface area contributed by atoms with Crippen LogP contribution in [0, 0.1) is 0 Å². The Bertz CT molecular complexity index is 671. The van der Waals surface area contributed by atoms with Crippen molar-refractivity contribution in [3.8, 4) is 5.75 Å². The third-order valence-electron chi connectivity index (χ3n) is 4.02. The number of hydrogen-bond acceptors (Lipinski definition) is 5. The van der Waals surface area contributed by atoms with Gasteiger partial charge in [0.2, 0.25) is 5.91 Å². The van der Waals surface area contributed by atoms with E-state index in [0.29, 0.717) is 18.8 Å². The molecule has 0 spiro atoms. The van der Waals surface area contributed by atoms with E-state index in [1.807, 2.05) is 0 Å². The maximum atomic E-state index is 12.6. The number of piperidine rings is 1. The Morgan fingerprint density at radius 2 is 1.88 bits per heavy atom. The van der Waals surface area contributed by atoms with Gasteiger partial charge in [0, 0.05) is 11.9 Å². The number of sulfone groups is 1. The highest BCUT2D eigenvalue weighted by atomic mass is 32.2. The molecule has 0 saturated carbocycles. The third-order valence-corrected chi connectivity index (χ3v) is 6.04. The zero-order chi connectivity index (χ0) is 17.8. The van der Waals surface area contributed by atoms with Crippen molar-refractivity contribution in [1.82, 2.24) is 5.32 Å². The van der Waals surface area contributed by atoms with Gasteiger partial charge in [0.1, 0.15) is 12.4 Å². The van der Waals surface area contributed by atoms with Gasteiger partial charge in [-0.1, -0.05) is 0 Å². The molecule has 1 saturated heterocycles. The molecule has 1 fully saturated rings. The van der Waals surface area contributed by atoms with Crippen molar-refractivity contribution in [2.75, 3.05) is 31.3 Å². The fourth-order valence-corrected chi connectivity index (χ4v) is 3.97. The number of rotatable bonds is 6. The van der Waals surface area contributed by atoms with Gasteiger partial charge in [-0.2, -0.15) is 0 Å². The van der Waals surface area contributed by atoms with Gasteiger partial charge in [-0.15, -0.1) is 0 Å².